The molecule has 35 heavy (non-hydrogen) atoms. The Hall–Kier alpha value is 0.936. The molecule has 4 saturated carbocycles. The number of aliphatic hydroxyl groups is 2. The number of rotatable bonds is 7. The Balaban J connectivity index is 0.00000342. The van der Waals surface area contributed by atoms with Crippen molar-refractivity contribution in [3.8, 4) is 0 Å². The second-order valence-electron chi connectivity index (χ2n) is 12.5. The van der Waals surface area contributed by atoms with E-state index in [-0.39, 0.29) is 92.8 Å². The van der Waals surface area contributed by atoms with Crippen molar-refractivity contribution in [2.45, 2.75) is 97.2 Å². The van der Waals surface area contributed by atoms with Crippen LogP contribution in [-0.2, 0) is 14.9 Å². The van der Waals surface area contributed by atoms with Gasteiger partial charge in [-0.15, -0.1) is 0 Å². The largest absolute Gasteiger partial charge is 1.00 e. The molecule has 0 aromatic heterocycles. The number of hydrogen-bond acceptors (Lipinski definition) is 6. The minimum atomic E-state index is -4.32. The molecule has 4 unspecified atom stereocenters. The summed E-state index contributed by atoms with van der Waals surface area (Å²) in [6.07, 6.45) is 8.85. The van der Waals surface area contributed by atoms with Crippen LogP contribution in [0.3, 0.4) is 0 Å². The molecule has 4 aliphatic rings. The van der Waals surface area contributed by atoms with Gasteiger partial charge in [-0.05, 0) is 104 Å². The van der Waals surface area contributed by atoms with E-state index >= 15 is 0 Å². The zero-order valence-corrected chi connectivity index (χ0v) is 26.0. The first kappa shape index (κ1) is 30.5. The first-order valence-corrected chi connectivity index (χ1v) is 15.0. The van der Waals surface area contributed by atoms with Gasteiger partial charge in [-0.3, -0.25) is 4.79 Å². The van der Waals surface area contributed by atoms with Crippen LogP contribution in [0.15, 0.2) is 0 Å². The fourth-order valence-corrected chi connectivity index (χ4v) is 9.48. The van der Waals surface area contributed by atoms with Gasteiger partial charge in [0, 0.05) is 13.0 Å². The van der Waals surface area contributed by atoms with Crippen molar-refractivity contribution in [1.82, 2.24) is 5.32 Å². The maximum Gasteiger partial charge on any atom is 1.00 e. The molecule has 7 nitrogen and oxygen atoms in total. The van der Waals surface area contributed by atoms with E-state index in [0.29, 0.717) is 42.4 Å². The Morgan fingerprint density at radius 1 is 1.09 bits per heavy atom. The number of fused-ring (bicyclic) bond motifs is 5. The molecule has 0 aromatic rings. The summed E-state index contributed by atoms with van der Waals surface area (Å²) in [6.45, 7) is 6.78. The molecule has 0 spiro atoms. The molecular formula is C26H44KNO6S. The molecule has 4 fully saturated rings. The van der Waals surface area contributed by atoms with Gasteiger partial charge in [0.1, 0.15) is 0 Å². The van der Waals surface area contributed by atoms with Gasteiger partial charge in [-0.2, -0.15) is 0 Å². The van der Waals surface area contributed by atoms with E-state index in [1.54, 1.807) is 0 Å². The van der Waals surface area contributed by atoms with Crippen molar-refractivity contribution in [2.24, 2.45) is 46.3 Å². The maximum atomic E-state index is 12.2. The Morgan fingerprint density at radius 3 is 2.49 bits per heavy atom. The van der Waals surface area contributed by atoms with Crippen LogP contribution in [0.25, 0.3) is 0 Å². The van der Waals surface area contributed by atoms with Gasteiger partial charge in [-0.1, -0.05) is 20.8 Å². The van der Waals surface area contributed by atoms with Crippen molar-refractivity contribution in [2.75, 3.05) is 12.3 Å². The zero-order chi connectivity index (χ0) is 24.9. The normalized spacial score (nSPS) is 43.8. The average molecular weight is 538 g/mol. The minimum absolute atomic E-state index is 0. The SMILES string of the molecule is C[C@H](CCC(=O)NCCS(=O)(=O)[O-])[C@H]1CCC2C3CCC4C[C@H](O)CC[C@]4(C)C3C[C@H](O)[C@@]21C.[K+]. The molecule has 0 heterocycles. The summed E-state index contributed by atoms with van der Waals surface area (Å²) in [4.78, 5) is 12.2. The molecule has 9 heteroatoms. The van der Waals surface area contributed by atoms with Gasteiger partial charge in [0.05, 0.1) is 28.1 Å². The second kappa shape index (κ2) is 11.6. The summed E-state index contributed by atoms with van der Waals surface area (Å²) in [6, 6.07) is 0. The molecule has 0 aromatic carbocycles. The summed E-state index contributed by atoms with van der Waals surface area (Å²) in [5, 5.41) is 24.4. The van der Waals surface area contributed by atoms with E-state index in [1.807, 2.05) is 0 Å². The molecule has 0 radical (unpaired) electrons. The number of carbonyl (C=O) groups excluding carboxylic acids is 1. The molecular weight excluding hydrogens is 493 g/mol. The first-order valence-electron chi connectivity index (χ1n) is 13.4. The van der Waals surface area contributed by atoms with Gasteiger partial charge in [0.25, 0.3) is 0 Å². The third kappa shape index (κ3) is 6.08. The van der Waals surface area contributed by atoms with E-state index in [0.717, 1.165) is 38.5 Å². The van der Waals surface area contributed by atoms with Crippen molar-refractivity contribution in [3.63, 3.8) is 0 Å². The molecule has 0 bridgehead atoms. The van der Waals surface area contributed by atoms with Crippen LogP contribution >= 0.6 is 0 Å². The molecule has 0 aliphatic heterocycles. The number of aliphatic hydroxyl groups excluding tert-OH is 2. The van der Waals surface area contributed by atoms with Crippen LogP contribution in [0.5, 0.6) is 0 Å². The second-order valence-corrected chi connectivity index (χ2v) is 14.0. The van der Waals surface area contributed by atoms with E-state index in [4.69, 9.17) is 0 Å². The molecule has 0 saturated heterocycles. The summed E-state index contributed by atoms with van der Waals surface area (Å²) in [5.41, 5.74) is 0.0922. The average Bonchev–Trinajstić information content (AvgIpc) is 3.11. The maximum absolute atomic E-state index is 12.2. The van der Waals surface area contributed by atoms with Gasteiger partial charge in [-0.25, -0.2) is 8.42 Å². The summed E-state index contributed by atoms with van der Waals surface area (Å²) < 4.78 is 32.2. The monoisotopic (exact) mass is 537 g/mol. The summed E-state index contributed by atoms with van der Waals surface area (Å²) in [5.74, 6) is 2.10. The van der Waals surface area contributed by atoms with Crippen LogP contribution in [0.2, 0.25) is 0 Å². The van der Waals surface area contributed by atoms with E-state index < -0.39 is 15.9 Å². The standard InChI is InChI=1S/C26H45NO6S.K/c1-16(4-9-24(30)27-12-13-34(31,32)33)20-7-8-21-19-6-5-17-14-18(28)10-11-25(17,2)22(19)15-23(29)26(20,21)3;/h16-23,28-29H,4-15H2,1-3H3,(H,27,30)(H,31,32,33);/q;+1/p-1/t16-,17?,18-,19?,20-,21?,22?,23+,25+,26-;/m1./s1. The quantitative estimate of drug-likeness (QED) is 0.311. The fraction of sp³-hybridized carbons (Fsp3) is 0.962. The van der Waals surface area contributed by atoms with Crippen molar-refractivity contribution in [3.05, 3.63) is 0 Å². The Bertz CT molecular complexity index is 870. The van der Waals surface area contributed by atoms with Crippen LogP contribution < -0.4 is 56.7 Å². The van der Waals surface area contributed by atoms with Gasteiger partial charge < -0.3 is 20.1 Å². The van der Waals surface area contributed by atoms with Crippen molar-refractivity contribution >= 4 is 16.0 Å². The Labute approximate surface area is 254 Å². The smallest absolute Gasteiger partial charge is 0.748 e. The predicted octanol–water partition coefficient (Wildman–Crippen LogP) is 0.0587. The molecule has 10 atom stereocenters. The Kier molecular flexibility index (Phi) is 10.1. The van der Waals surface area contributed by atoms with Crippen LogP contribution in [0, 0.1) is 46.3 Å². The van der Waals surface area contributed by atoms with Gasteiger partial charge >= 0.3 is 51.4 Å². The first-order chi connectivity index (χ1) is 15.9. The number of nitrogens with one attached hydrogen (secondary N) is 1. The van der Waals surface area contributed by atoms with E-state index in [2.05, 4.69) is 26.1 Å². The van der Waals surface area contributed by atoms with E-state index in [1.165, 1.54) is 12.8 Å². The van der Waals surface area contributed by atoms with Crippen molar-refractivity contribution < 1.29 is 79.4 Å². The van der Waals surface area contributed by atoms with Crippen LogP contribution in [0.4, 0.5) is 0 Å². The minimum Gasteiger partial charge on any atom is -0.748 e. The van der Waals surface area contributed by atoms with Crippen LogP contribution in [-0.4, -0.2) is 53.6 Å². The van der Waals surface area contributed by atoms with Gasteiger partial charge in [0.15, 0.2) is 0 Å². The molecule has 4 aliphatic carbocycles. The third-order valence-electron chi connectivity index (χ3n) is 11.0. The predicted molar refractivity (Wildman–Crippen MR) is 129 cm³/mol. The molecule has 196 valence electrons. The third-order valence-corrected chi connectivity index (χ3v) is 11.7. The van der Waals surface area contributed by atoms with Crippen LogP contribution in [0.1, 0.15) is 85.0 Å². The van der Waals surface area contributed by atoms with Gasteiger partial charge in [0.2, 0.25) is 5.91 Å². The summed E-state index contributed by atoms with van der Waals surface area (Å²) >= 11 is 0. The van der Waals surface area contributed by atoms with Crippen molar-refractivity contribution in [1.29, 1.82) is 0 Å². The Morgan fingerprint density at radius 2 is 1.80 bits per heavy atom. The topological polar surface area (TPSA) is 127 Å². The fourth-order valence-electron chi connectivity index (χ4n) is 9.12. The zero-order valence-electron chi connectivity index (χ0n) is 22.0. The number of amides is 1. The molecule has 4 rings (SSSR count). The number of carbonyl (C=O) groups is 1. The summed E-state index contributed by atoms with van der Waals surface area (Å²) in [7, 11) is -4.32. The molecule has 3 N–H and O–H groups in total. The van der Waals surface area contributed by atoms with E-state index in [9.17, 15) is 28.0 Å². The molecule has 1 amide bonds. The number of hydrogen-bond donors (Lipinski definition) is 3.